The molecule has 208 valence electrons. The van der Waals surface area contributed by atoms with Crippen molar-refractivity contribution in [1.82, 2.24) is 19.9 Å². The molecule has 0 aliphatic carbocycles. The summed E-state index contributed by atoms with van der Waals surface area (Å²) >= 11 is 0. The lowest BCUT2D eigenvalue weighted by Crippen LogP contribution is -2.56. The van der Waals surface area contributed by atoms with Crippen molar-refractivity contribution in [3.8, 4) is 23.2 Å². The molecule has 40 heavy (non-hydrogen) atoms. The molecule has 4 heterocycles. The van der Waals surface area contributed by atoms with Gasteiger partial charge in [0.15, 0.2) is 5.82 Å². The van der Waals surface area contributed by atoms with E-state index in [4.69, 9.17) is 9.47 Å². The van der Waals surface area contributed by atoms with Crippen LogP contribution in [0.3, 0.4) is 0 Å². The topological polar surface area (TPSA) is 116 Å². The van der Waals surface area contributed by atoms with Gasteiger partial charge in [0.25, 0.3) is 0 Å². The molecule has 0 bridgehead atoms. The fourth-order valence-corrected chi connectivity index (χ4v) is 6.41. The monoisotopic (exact) mass is 563 g/mol. The first kappa shape index (κ1) is 26.6. The highest BCUT2D eigenvalue weighted by atomic mass is 32.2. The number of anilines is 3. The van der Waals surface area contributed by atoms with E-state index in [1.807, 2.05) is 6.07 Å². The minimum absolute atomic E-state index is 0.0533. The number of hydrogen-bond donors (Lipinski definition) is 1. The van der Waals surface area contributed by atoms with Gasteiger partial charge in [0, 0.05) is 59.7 Å². The molecule has 10 nitrogen and oxygen atoms in total. The van der Waals surface area contributed by atoms with Crippen molar-refractivity contribution >= 4 is 28.1 Å². The standard InChI is InChI=1S/C28H30FN7O3S/c29-24-14-21(2-3-25(24)36-9-7-35(8-10-36)22-16-38-17-22)33-28-32-18-31-27(34-28)19-1-4-26(20(13-19)15-30)39-23-5-11-40(37)12-6-23/h1-4,13-14,18,22-23H,5-12,16-17H2,(H,31,32,33,34). The highest BCUT2D eigenvalue weighted by Crippen LogP contribution is 2.29. The summed E-state index contributed by atoms with van der Waals surface area (Å²) in [6, 6.07) is 12.9. The zero-order chi connectivity index (χ0) is 27.5. The number of piperazine rings is 1. The Bertz CT molecular complexity index is 1430. The van der Waals surface area contributed by atoms with Crippen molar-refractivity contribution in [3.05, 3.63) is 54.1 Å². The summed E-state index contributed by atoms with van der Waals surface area (Å²) in [6.07, 6.45) is 2.73. The number of halogens is 1. The van der Waals surface area contributed by atoms with Crippen LogP contribution in [-0.4, -0.2) is 87.1 Å². The summed E-state index contributed by atoms with van der Waals surface area (Å²) in [5, 5.41) is 12.8. The predicted molar refractivity (Wildman–Crippen MR) is 150 cm³/mol. The van der Waals surface area contributed by atoms with Crippen LogP contribution in [0.4, 0.5) is 21.7 Å². The third-order valence-electron chi connectivity index (χ3n) is 7.55. The maximum atomic E-state index is 15.1. The molecule has 6 rings (SSSR count). The number of rotatable bonds is 7. The molecule has 3 fully saturated rings. The van der Waals surface area contributed by atoms with Gasteiger partial charge in [-0.1, -0.05) is 0 Å². The zero-order valence-electron chi connectivity index (χ0n) is 22.0. The first-order valence-corrected chi connectivity index (χ1v) is 14.9. The molecule has 3 aromatic rings. The fraction of sp³-hybridized carbons (Fsp3) is 0.429. The molecule has 12 heteroatoms. The summed E-state index contributed by atoms with van der Waals surface area (Å²) in [5.41, 5.74) is 2.12. The van der Waals surface area contributed by atoms with Crippen molar-refractivity contribution in [2.75, 3.05) is 61.1 Å². The van der Waals surface area contributed by atoms with Crippen LogP contribution in [0, 0.1) is 17.1 Å². The molecule has 0 amide bonds. The van der Waals surface area contributed by atoms with Gasteiger partial charge in [-0.05, 0) is 49.2 Å². The van der Waals surface area contributed by atoms with E-state index in [0.717, 1.165) is 39.4 Å². The van der Waals surface area contributed by atoms with E-state index in [9.17, 15) is 9.47 Å². The average Bonchev–Trinajstić information content (AvgIpc) is 2.94. The van der Waals surface area contributed by atoms with E-state index in [0.29, 0.717) is 64.5 Å². The van der Waals surface area contributed by atoms with Crippen LogP contribution in [-0.2, 0) is 15.5 Å². The Morgan fingerprint density at radius 3 is 2.58 bits per heavy atom. The van der Waals surface area contributed by atoms with Crippen LogP contribution in [0.15, 0.2) is 42.7 Å². The molecule has 1 aromatic heterocycles. The minimum atomic E-state index is -0.779. The Morgan fingerprint density at radius 1 is 1.07 bits per heavy atom. The number of nitrogens with one attached hydrogen (secondary N) is 1. The van der Waals surface area contributed by atoms with Gasteiger partial charge in [-0.2, -0.15) is 10.2 Å². The van der Waals surface area contributed by atoms with Gasteiger partial charge in [-0.25, -0.2) is 14.4 Å². The lowest BCUT2D eigenvalue weighted by molar-refractivity contribution is -0.0660. The number of aromatic nitrogens is 3. The second-order valence-electron chi connectivity index (χ2n) is 10.1. The van der Waals surface area contributed by atoms with Crippen LogP contribution < -0.4 is 15.0 Å². The van der Waals surface area contributed by atoms with Gasteiger partial charge >= 0.3 is 0 Å². The Balaban J connectivity index is 1.12. The van der Waals surface area contributed by atoms with Gasteiger partial charge in [-0.3, -0.25) is 9.11 Å². The van der Waals surface area contributed by atoms with E-state index >= 15 is 4.39 Å². The van der Waals surface area contributed by atoms with Crippen molar-refractivity contribution in [2.24, 2.45) is 0 Å². The molecule has 3 aliphatic rings. The smallest absolute Gasteiger partial charge is 0.230 e. The molecule has 1 N–H and O–H groups in total. The van der Waals surface area contributed by atoms with Crippen molar-refractivity contribution in [3.63, 3.8) is 0 Å². The highest BCUT2D eigenvalue weighted by molar-refractivity contribution is 7.85. The second kappa shape index (κ2) is 11.8. The third-order valence-corrected chi connectivity index (χ3v) is 8.94. The molecule has 3 aliphatic heterocycles. The molecule has 0 atom stereocenters. The van der Waals surface area contributed by atoms with Crippen LogP contribution in [0.5, 0.6) is 5.75 Å². The van der Waals surface area contributed by atoms with Gasteiger partial charge in [0.05, 0.1) is 30.5 Å². The number of nitriles is 1. The van der Waals surface area contributed by atoms with Crippen molar-refractivity contribution in [1.29, 1.82) is 5.26 Å². The lowest BCUT2D eigenvalue weighted by Gasteiger charge is -2.43. The SMILES string of the molecule is N#Cc1cc(-c2ncnc(Nc3ccc(N4CCN(C5COC5)CC4)c(F)c3)n2)ccc1OC1CCS(=O)CC1. The average molecular weight is 564 g/mol. The van der Waals surface area contributed by atoms with E-state index in [1.165, 1.54) is 12.4 Å². The van der Waals surface area contributed by atoms with Gasteiger partial charge in [0.2, 0.25) is 5.95 Å². The zero-order valence-corrected chi connectivity index (χ0v) is 22.8. The molecule has 0 saturated carbocycles. The van der Waals surface area contributed by atoms with Gasteiger partial charge in [-0.15, -0.1) is 0 Å². The number of nitrogens with zero attached hydrogens (tertiary/aromatic N) is 6. The first-order chi connectivity index (χ1) is 19.6. The van der Waals surface area contributed by atoms with Gasteiger partial charge in [0.1, 0.15) is 30.1 Å². The molecule has 0 unspecified atom stereocenters. The van der Waals surface area contributed by atoms with Crippen LogP contribution in [0.25, 0.3) is 11.4 Å². The van der Waals surface area contributed by atoms with Gasteiger partial charge < -0.3 is 19.7 Å². The second-order valence-corrected chi connectivity index (χ2v) is 11.8. The van der Waals surface area contributed by atoms with Crippen molar-refractivity contribution < 1.29 is 18.1 Å². The fourth-order valence-electron chi connectivity index (χ4n) is 5.16. The molecule has 0 radical (unpaired) electrons. The predicted octanol–water partition coefficient (Wildman–Crippen LogP) is 3.10. The van der Waals surface area contributed by atoms with Crippen LogP contribution in [0.2, 0.25) is 0 Å². The number of hydrogen-bond acceptors (Lipinski definition) is 10. The summed E-state index contributed by atoms with van der Waals surface area (Å²) in [7, 11) is -0.779. The van der Waals surface area contributed by atoms with E-state index < -0.39 is 10.8 Å². The molecule has 3 saturated heterocycles. The molecule has 2 aromatic carbocycles. The Hall–Kier alpha value is -3.66. The minimum Gasteiger partial charge on any atom is -0.489 e. The summed E-state index contributed by atoms with van der Waals surface area (Å²) in [6.45, 7) is 4.91. The Kier molecular flexibility index (Phi) is 7.86. The molecular formula is C28H30FN7O3S. The van der Waals surface area contributed by atoms with Crippen LogP contribution >= 0.6 is 0 Å². The first-order valence-electron chi connectivity index (χ1n) is 13.4. The maximum absolute atomic E-state index is 15.1. The van der Waals surface area contributed by atoms with E-state index in [1.54, 1.807) is 24.3 Å². The molecule has 0 spiro atoms. The van der Waals surface area contributed by atoms with Crippen LogP contribution in [0.1, 0.15) is 18.4 Å². The third kappa shape index (κ3) is 5.91. The number of benzene rings is 2. The summed E-state index contributed by atoms with van der Waals surface area (Å²) in [5.74, 6) is 2.06. The molecular weight excluding hydrogens is 533 g/mol. The number of ether oxygens (including phenoxy) is 2. The van der Waals surface area contributed by atoms with E-state index in [-0.39, 0.29) is 17.9 Å². The Labute approximate surface area is 234 Å². The summed E-state index contributed by atoms with van der Waals surface area (Å²) < 4.78 is 38.0. The lowest BCUT2D eigenvalue weighted by atomic mass is 10.1. The quantitative estimate of drug-likeness (QED) is 0.460. The maximum Gasteiger partial charge on any atom is 0.230 e. The largest absolute Gasteiger partial charge is 0.489 e. The van der Waals surface area contributed by atoms with E-state index in [2.05, 4.69) is 36.1 Å². The highest BCUT2D eigenvalue weighted by Gasteiger charge is 2.29. The normalized spacial score (nSPS) is 21.9. The summed E-state index contributed by atoms with van der Waals surface area (Å²) in [4.78, 5) is 17.4. The Morgan fingerprint density at radius 2 is 1.88 bits per heavy atom. The van der Waals surface area contributed by atoms with Crippen molar-refractivity contribution in [2.45, 2.75) is 25.0 Å².